The second-order valence-electron chi connectivity index (χ2n) is 6.79. The lowest BCUT2D eigenvalue weighted by molar-refractivity contribution is -0.134. The fraction of sp³-hybridized carbons (Fsp3) is 0.333. The summed E-state index contributed by atoms with van der Waals surface area (Å²) in [6, 6.07) is 11.8. The Kier molecular flexibility index (Phi) is 6.47. The molecule has 2 amide bonds. The largest absolute Gasteiger partial charge is 0.496 e. The van der Waals surface area contributed by atoms with Crippen molar-refractivity contribution in [3.8, 4) is 5.75 Å². The van der Waals surface area contributed by atoms with E-state index < -0.39 is 6.04 Å². The van der Waals surface area contributed by atoms with Gasteiger partial charge >= 0.3 is 0 Å². The van der Waals surface area contributed by atoms with E-state index in [9.17, 15) is 9.59 Å². The van der Waals surface area contributed by atoms with Crippen molar-refractivity contribution in [3.05, 3.63) is 63.6 Å². The van der Waals surface area contributed by atoms with E-state index in [0.29, 0.717) is 40.9 Å². The molecule has 0 aromatic heterocycles. The van der Waals surface area contributed by atoms with Crippen molar-refractivity contribution in [3.63, 3.8) is 0 Å². The van der Waals surface area contributed by atoms with Crippen LogP contribution in [0.15, 0.2) is 42.5 Å². The van der Waals surface area contributed by atoms with Gasteiger partial charge in [-0.25, -0.2) is 0 Å². The topological polar surface area (TPSA) is 49.9 Å². The minimum atomic E-state index is -0.510. The van der Waals surface area contributed by atoms with Crippen LogP contribution in [0.4, 0.5) is 0 Å². The van der Waals surface area contributed by atoms with Crippen LogP contribution in [0.3, 0.4) is 0 Å². The Morgan fingerprint density at radius 2 is 1.96 bits per heavy atom. The van der Waals surface area contributed by atoms with E-state index >= 15 is 0 Å². The SMILES string of the molecule is COc1ccc(Cl)cc1C(=O)N1CCCC1C(=O)N(C)Cc1ccccc1Cl. The number of methoxy groups -OCH3 is 1. The van der Waals surface area contributed by atoms with Gasteiger partial charge in [0.2, 0.25) is 5.91 Å². The first-order chi connectivity index (χ1) is 13.4. The minimum Gasteiger partial charge on any atom is -0.496 e. The highest BCUT2D eigenvalue weighted by Gasteiger charge is 2.37. The molecule has 3 rings (SSSR count). The van der Waals surface area contributed by atoms with Crippen LogP contribution in [0.1, 0.15) is 28.8 Å². The molecule has 2 aromatic carbocycles. The van der Waals surface area contributed by atoms with Crippen molar-refractivity contribution in [2.45, 2.75) is 25.4 Å². The summed E-state index contributed by atoms with van der Waals surface area (Å²) in [6.07, 6.45) is 1.39. The van der Waals surface area contributed by atoms with Gasteiger partial charge in [0.25, 0.3) is 5.91 Å². The number of rotatable bonds is 5. The summed E-state index contributed by atoms with van der Waals surface area (Å²) in [7, 11) is 3.23. The Morgan fingerprint density at radius 1 is 1.21 bits per heavy atom. The molecular formula is C21H22Cl2N2O3. The number of nitrogens with zero attached hydrogens (tertiary/aromatic N) is 2. The Balaban J connectivity index is 1.78. The summed E-state index contributed by atoms with van der Waals surface area (Å²) in [5.74, 6) is 0.0880. The van der Waals surface area contributed by atoms with Crippen LogP contribution in [0.25, 0.3) is 0 Å². The van der Waals surface area contributed by atoms with Gasteiger partial charge in [-0.2, -0.15) is 0 Å². The second-order valence-corrected chi connectivity index (χ2v) is 7.63. The van der Waals surface area contributed by atoms with E-state index in [0.717, 1.165) is 12.0 Å². The third-order valence-electron chi connectivity index (χ3n) is 4.93. The first kappa shape index (κ1) is 20.5. The molecule has 1 fully saturated rings. The van der Waals surface area contributed by atoms with Crippen LogP contribution in [0.5, 0.6) is 5.75 Å². The number of amides is 2. The molecule has 1 unspecified atom stereocenters. The van der Waals surface area contributed by atoms with Crippen LogP contribution in [-0.2, 0) is 11.3 Å². The zero-order valence-electron chi connectivity index (χ0n) is 15.8. The maximum atomic E-state index is 13.1. The quantitative estimate of drug-likeness (QED) is 0.725. The lowest BCUT2D eigenvalue weighted by Crippen LogP contribution is -2.46. The number of halogens is 2. The average molecular weight is 421 g/mol. The number of carbonyl (C=O) groups is 2. The predicted molar refractivity (Wildman–Crippen MR) is 110 cm³/mol. The Bertz CT molecular complexity index is 888. The first-order valence-electron chi connectivity index (χ1n) is 9.05. The summed E-state index contributed by atoms with van der Waals surface area (Å²) < 4.78 is 5.30. The number of hydrogen-bond acceptors (Lipinski definition) is 3. The Hall–Kier alpha value is -2.24. The Morgan fingerprint density at radius 3 is 2.68 bits per heavy atom. The molecule has 5 nitrogen and oxygen atoms in total. The van der Waals surface area contributed by atoms with E-state index in [-0.39, 0.29) is 11.8 Å². The minimum absolute atomic E-state index is 0.105. The summed E-state index contributed by atoms with van der Waals surface area (Å²) in [5.41, 5.74) is 1.23. The van der Waals surface area contributed by atoms with Gasteiger partial charge < -0.3 is 14.5 Å². The van der Waals surface area contributed by atoms with Gasteiger partial charge in [-0.1, -0.05) is 41.4 Å². The summed E-state index contributed by atoms with van der Waals surface area (Å²) in [6.45, 7) is 0.905. The van der Waals surface area contributed by atoms with Gasteiger partial charge in [0, 0.05) is 30.2 Å². The van der Waals surface area contributed by atoms with E-state index in [4.69, 9.17) is 27.9 Å². The molecule has 1 heterocycles. The van der Waals surface area contributed by atoms with Gasteiger partial charge in [0.1, 0.15) is 11.8 Å². The first-order valence-corrected chi connectivity index (χ1v) is 9.81. The maximum absolute atomic E-state index is 13.1. The molecule has 0 aliphatic carbocycles. The van der Waals surface area contributed by atoms with Gasteiger partial charge in [-0.3, -0.25) is 9.59 Å². The monoisotopic (exact) mass is 420 g/mol. The summed E-state index contributed by atoms with van der Waals surface area (Å²) in [4.78, 5) is 29.4. The maximum Gasteiger partial charge on any atom is 0.258 e. The van der Waals surface area contributed by atoms with Gasteiger partial charge in [-0.15, -0.1) is 0 Å². The molecule has 7 heteroatoms. The molecule has 1 aliphatic rings. The summed E-state index contributed by atoms with van der Waals surface area (Å²) >= 11 is 12.3. The third-order valence-corrected chi connectivity index (χ3v) is 5.54. The molecule has 0 bridgehead atoms. The van der Waals surface area contributed by atoms with E-state index in [2.05, 4.69) is 0 Å². The lowest BCUT2D eigenvalue weighted by Gasteiger charge is -2.28. The summed E-state index contributed by atoms with van der Waals surface area (Å²) in [5, 5.41) is 1.06. The normalized spacial score (nSPS) is 16.1. The fourth-order valence-electron chi connectivity index (χ4n) is 3.48. The standard InChI is InChI=1S/C21H22Cl2N2O3/c1-24(13-14-6-3-4-7-17(14)23)21(27)18-8-5-11-25(18)20(26)16-12-15(22)9-10-19(16)28-2/h3-4,6-7,9-10,12,18H,5,8,11,13H2,1-2H3. The number of ether oxygens (including phenoxy) is 1. The number of hydrogen-bond donors (Lipinski definition) is 0. The van der Waals surface area contributed by atoms with E-state index in [1.807, 2.05) is 18.2 Å². The molecule has 0 N–H and O–H groups in total. The van der Waals surface area contributed by atoms with Crippen LogP contribution in [0, 0.1) is 0 Å². The van der Waals surface area contributed by atoms with Crippen molar-refractivity contribution >= 4 is 35.0 Å². The number of likely N-dealkylation sites (N-methyl/N-ethyl adjacent to an activating group) is 1. The van der Waals surface area contributed by atoms with Crippen molar-refractivity contribution < 1.29 is 14.3 Å². The van der Waals surface area contributed by atoms with Crippen LogP contribution >= 0.6 is 23.2 Å². The van der Waals surface area contributed by atoms with Gasteiger partial charge in [0.05, 0.1) is 12.7 Å². The molecule has 1 atom stereocenters. The van der Waals surface area contributed by atoms with Crippen LogP contribution in [0.2, 0.25) is 10.0 Å². The highest BCUT2D eigenvalue weighted by molar-refractivity contribution is 6.31. The Labute approximate surface area is 174 Å². The smallest absolute Gasteiger partial charge is 0.258 e. The molecule has 0 radical (unpaired) electrons. The molecule has 148 valence electrons. The highest BCUT2D eigenvalue weighted by atomic mass is 35.5. The van der Waals surface area contributed by atoms with E-state index in [1.165, 1.54) is 7.11 Å². The van der Waals surface area contributed by atoms with Crippen molar-refractivity contribution in [2.24, 2.45) is 0 Å². The zero-order chi connectivity index (χ0) is 20.3. The number of benzene rings is 2. The zero-order valence-corrected chi connectivity index (χ0v) is 17.3. The predicted octanol–water partition coefficient (Wildman–Crippen LogP) is 4.27. The molecular weight excluding hydrogens is 399 g/mol. The molecule has 1 aliphatic heterocycles. The van der Waals surface area contributed by atoms with Crippen molar-refractivity contribution in [2.75, 3.05) is 20.7 Å². The van der Waals surface area contributed by atoms with Gasteiger partial charge in [-0.05, 0) is 42.7 Å². The number of carbonyl (C=O) groups excluding carboxylic acids is 2. The van der Waals surface area contributed by atoms with Crippen LogP contribution < -0.4 is 4.74 Å². The average Bonchev–Trinajstić information content (AvgIpc) is 3.18. The van der Waals surface area contributed by atoms with Gasteiger partial charge in [0.15, 0.2) is 0 Å². The molecule has 1 saturated heterocycles. The fourth-order valence-corrected chi connectivity index (χ4v) is 3.85. The second kappa shape index (κ2) is 8.84. The molecule has 0 spiro atoms. The molecule has 2 aromatic rings. The molecule has 28 heavy (non-hydrogen) atoms. The lowest BCUT2D eigenvalue weighted by atomic mass is 10.1. The third kappa shape index (κ3) is 4.26. The van der Waals surface area contributed by atoms with E-state index in [1.54, 1.807) is 41.1 Å². The number of likely N-dealkylation sites (tertiary alicyclic amines) is 1. The van der Waals surface area contributed by atoms with Crippen LogP contribution in [-0.4, -0.2) is 48.4 Å². The van der Waals surface area contributed by atoms with Crippen molar-refractivity contribution in [1.29, 1.82) is 0 Å². The highest BCUT2D eigenvalue weighted by Crippen LogP contribution is 2.28. The molecule has 0 saturated carbocycles. The van der Waals surface area contributed by atoms with Crippen molar-refractivity contribution in [1.82, 2.24) is 9.80 Å².